The molecule has 2 N–H and O–H groups in total. The second-order valence-corrected chi connectivity index (χ2v) is 8.30. The number of esters is 1. The summed E-state index contributed by atoms with van der Waals surface area (Å²) in [4.78, 5) is 24.6. The van der Waals surface area contributed by atoms with Crippen LogP contribution in [0.4, 0.5) is 11.4 Å². The van der Waals surface area contributed by atoms with Crippen molar-refractivity contribution in [3.05, 3.63) is 53.1 Å². The van der Waals surface area contributed by atoms with E-state index < -0.39 is 15.8 Å². The zero-order valence-electron chi connectivity index (χ0n) is 16.3. The number of para-hydroxylation sites is 1. The molecule has 1 amide bonds. The van der Waals surface area contributed by atoms with E-state index >= 15 is 0 Å². The Bertz CT molecular complexity index is 1000. The summed E-state index contributed by atoms with van der Waals surface area (Å²) in [5, 5.41) is 5.68. The lowest BCUT2D eigenvalue weighted by molar-refractivity contribution is -0.114. The molecule has 0 aliphatic rings. The molecule has 28 heavy (non-hydrogen) atoms. The smallest absolute Gasteiger partial charge is 0.340 e. The van der Waals surface area contributed by atoms with E-state index in [9.17, 15) is 18.0 Å². The normalized spacial score (nSPS) is 11.0. The summed E-state index contributed by atoms with van der Waals surface area (Å²) in [6.07, 6.45) is 1.15. The van der Waals surface area contributed by atoms with Gasteiger partial charge in [-0.3, -0.25) is 4.79 Å². The van der Waals surface area contributed by atoms with Gasteiger partial charge in [-0.2, -0.15) is 0 Å². The van der Waals surface area contributed by atoms with Crippen LogP contribution in [0, 0.1) is 13.8 Å². The first-order chi connectivity index (χ1) is 13.1. The van der Waals surface area contributed by atoms with Gasteiger partial charge in [0, 0.05) is 11.9 Å². The topological polar surface area (TPSA) is 102 Å². The maximum absolute atomic E-state index is 12.4. The van der Waals surface area contributed by atoms with Crippen LogP contribution in [0.3, 0.4) is 0 Å². The van der Waals surface area contributed by atoms with Crippen molar-refractivity contribution < 1.29 is 22.7 Å². The molecule has 0 fully saturated rings. The Morgan fingerprint density at radius 1 is 1.07 bits per heavy atom. The van der Waals surface area contributed by atoms with Crippen molar-refractivity contribution >= 4 is 33.1 Å². The molecule has 7 nitrogen and oxygen atoms in total. The molecular weight excluding hydrogens is 380 g/mol. The molecule has 8 heteroatoms. The van der Waals surface area contributed by atoms with Crippen LogP contribution in [-0.4, -0.2) is 39.7 Å². The molecule has 150 valence electrons. The number of carbonyl (C=O) groups excluding carboxylic acids is 2. The van der Waals surface area contributed by atoms with E-state index in [0.29, 0.717) is 16.9 Å². The van der Waals surface area contributed by atoms with Crippen LogP contribution in [0.1, 0.15) is 28.4 Å². The number of hydrogen-bond donors (Lipinski definition) is 2. The molecule has 0 unspecified atom stereocenters. The number of nitrogens with one attached hydrogen (secondary N) is 2. The van der Waals surface area contributed by atoms with Crippen LogP contribution in [0.25, 0.3) is 0 Å². The van der Waals surface area contributed by atoms with Gasteiger partial charge in [-0.25, -0.2) is 13.2 Å². The van der Waals surface area contributed by atoms with Crippen molar-refractivity contribution in [1.82, 2.24) is 0 Å². The Hall–Kier alpha value is -2.87. The average molecular weight is 404 g/mol. The van der Waals surface area contributed by atoms with Crippen LogP contribution in [-0.2, 0) is 19.4 Å². The van der Waals surface area contributed by atoms with Gasteiger partial charge in [-0.05, 0) is 50.1 Å². The van der Waals surface area contributed by atoms with E-state index in [4.69, 9.17) is 4.74 Å². The first kappa shape index (κ1) is 21.4. The molecular formula is C20H24N2O5S. The van der Waals surface area contributed by atoms with E-state index in [0.717, 1.165) is 11.8 Å². The Labute approximate surface area is 165 Å². The highest BCUT2D eigenvalue weighted by atomic mass is 32.2. The molecule has 2 aromatic carbocycles. The fraction of sp³-hybridized carbons (Fsp3) is 0.300. The predicted molar refractivity (Wildman–Crippen MR) is 109 cm³/mol. The van der Waals surface area contributed by atoms with Gasteiger partial charge in [-0.15, -0.1) is 0 Å². The second-order valence-electron chi connectivity index (χ2n) is 6.32. The van der Waals surface area contributed by atoms with Crippen LogP contribution in [0.15, 0.2) is 41.3 Å². The third kappa shape index (κ3) is 5.10. The predicted octanol–water partition coefficient (Wildman–Crippen LogP) is 2.93. The number of anilines is 2. The van der Waals surface area contributed by atoms with Crippen LogP contribution in [0.5, 0.6) is 0 Å². The molecule has 0 atom stereocenters. The van der Waals surface area contributed by atoms with E-state index in [2.05, 4.69) is 10.6 Å². The lowest BCUT2D eigenvalue weighted by Gasteiger charge is -2.16. The number of rotatable bonds is 7. The summed E-state index contributed by atoms with van der Waals surface area (Å²) in [5.41, 5.74) is 2.60. The van der Waals surface area contributed by atoms with E-state index in [1.165, 1.54) is 0 Å². The number of sulfone groups is 1. The first-order valence-corrected chi connectivity index (χ1v) is 10.6. The monoisotopic (exact) mass is 404 g/mol. The van der Waals surface area contributed by atoms with Gasteiger partial charge in [-0.1, -0.05) is 18.2 Å². The third-order valence-electron chi connectivity index (χ3n) is 4.15. The molecule has 0 radical (unpaired) electrons. The number of benzene rings is 2. The summed E-state index contributed by atoms with van der Waals surface area (Å²) in [6, 6.07) is 9.83. The van der Waals surface area contributed by atoms with Gasteiger partial charge >= 0.3 is 5.97 Å². The van der Waals surface area contributed by atoms with Crippen LogP contribution < -0.4 is 10.6 Å². The van der Waals surface area contributed by atoms with Crippen molar-refractivity contribution in [3.63, 3.8) is 0 Å². The van der Waals surface area contributed by atoms with E-state index in [1.54, 1.807) is 50.2 Å². The second kappa shape index (κ2) is 8.88. The average Bonchev–Trinajstić information content (AvgIpc) is 2.61. The van der Waals surface area contributed by atoms with Gasteiger partial charge in [0.05, 0.1) is 29.3 Å². The fourth-order valence-corrected chi connectivity index (χ4v) is 3.82. The minimum absolute atomic E-state index is 0.0912. The van der Waals surface area contributed by atoms with Crippen LogP contribution >= 0.6 is 0 Å². The molecule has 0 spiro atoms. The molecule has 0 aliphatic heterocycles. The van der Waals surface area contributed by atoms with Gasteiger partial charge < -0.3 is 15.4 Å². The van der Waals surface area contributed by atoms with Crippen molar-refractivity contribution in [2.75, 3.05) is 30.0 Å². The Morgan fingerprint density at radius 3 is 2.39 bits per heavy atom. The summed E-state index contributed by atoms with van der Waals surface area (Å²) >= 11 is 0. The van der Waals surface area contributed by atoms with Crippen molar-refractivity contribution in [2.45, 2.75) is 25.7 Å². The Kier molecular flexibility index (Phi) is 6.80. The zero-order valence-corrected chi connectivity index (χ0v) is 17.1. The highest BCUT2D eigenvalue weighted by Crippen LogP contribution is 2.26. The van der Waals surface area contributed by atoms with E-state index in [-0.39, 0.29) is 29.5 Å². The molecule has 0 saturated heterocycles. The quantitative estimate of drug-likeness (QED) is 0.688. The summed E-state index contributed by atoms with van der Waals surface area (Å²) in [7, 11) is -3.37. The third-order valence-corrected chi connectivity index (χ3v) is 5.39. The Balaban J connectivity index is 2.16. The Morgan fingerprint density at radius 2 is 1.75 bits per heavy atom. The lowest BCUT2D eigenvalue weighted by atomic mass is 10.1. The van der Waals surface area contributed by atoms with Gasteiger partial charge in [0.1, 0.15) is 0 Å². The molecule has 0 bridgehead atoms. The number of hydrogen-bond acceptors (Lipinski definition) is 6. The van der Waals surface area contributed by atoms with E-state index in [1.807, 2.05) is 6.92 Å². The standard InChI is InChI=1S/C20H24N2O5S/c1-5-27-20(24)15-8-6-7-9-16(15)22-18(23)12-21-19-13(2)10-11-17(14(19)3)28(4,25)26/h6-11,21H,5,12H2,1-4H3,(H,22,23). The SMILES string of the molecule is CCOC(=O)c1ccccc1NC(=O)CNc1c(C)ccc(S(C)(=O)=O)c1C. The van der Waals surface area contributed by atoms with Crippen LogP contribution in [0.2, 0.25) is 0 Å². The van der Waals surface area contributed by atoms with Crippen molar-refractivity contribution in [1.29, 1.82) is 0 Å². The maximum atomic E-state index is 12.4. The maximum Gasteiger partial charge on any atom is 0.340 e. The van der Waals surface area contributed by atoms with Gasteiger partial charge in [0.2, 0.25) is 5.91 Å². The molecule has 2 rings (SSSR count). The first-order valence-electron chi connectivity index (χ1n) is 8.75. The molecule has 0 aromatic heterocycles. The van der Waals surface area contributed by atoms with Crippen molar-refractivity contribution in [2.24, 2.45) is 0 Å². The van der Waals surface area contributed by atoms with Crippen molar-refractivity contribution in [3.8, 4) is 0 Å². The summed E-state index contributed by atoms with van der Waals surface area (Å²) in [5.74, 6) is -0.890. The number of ether oxygens (including phenoxy) is 1. The minimum Gasteiger partial charge on any atom is -0.462 e. The summed E-state index contributed by atoms with van der Waals surface area (Å²) < 4.78 is 28.8. The highest BCUT2D eigenvalue weighted by molar-refractivity contribution is 7.90. The molecule has 0 aliphatic carbocycles. The lowest BCUT2D eigenvalue weighted by Crippen LogP contribution is -2.24. The minimum atomic E-state index is -3.37. The largest absolute Gasteiger partial charge is 0.462 e. The molecule has 2 aromatic rings. The number of amides is 1. The van der Waals surface area contributed by atoms with Gasteiger partial charge in [0.15, 0.2) is 9.84 Å². The zero-order chi connectivity index (χ0) is 20.9. The fourth-order valence-electron chi connectivity index (χ4n) is 2.84. The highest BCUT2D eigenvalue weighted by Gasteiger charge is 2.17. The molecule has 0 saturated carbocycles. The molecule has 0 heterocycles. The number of aryl methyl sites for hydroxylation is 1. The number of carbonyl (C=O) groups is 2. The van der Waals surface area contributed by atoms with Gasteiger partial charge in [0.25, 0.3) is 0 Å². The summed E-state index contributed by atoms with van der Waals surface area (Å²) in [6.45, 7) is 5.37.